The molecule has 8 heteroatoms. The van der Waals surface area contributed by atoms with Crippen LogP contribution in [-0.2, 0) is 12.7 Å². The Labute approximate surface area is 128 Å². The van der Waals surface area contributed by atoms with Crippen LogP contribution in [0.4, 0.5) is 13.2 Å². The molecule has 23 heavy (non-hydrogen) atoms. The Morgan fingerprint density at radius 3 is 2.48 bits per heavy atom. The van der Waals surface area contributed by atoms with Crippen LogP contribution in [0, 0.1) is 0 Å². The fraction of sp³-hybridized carbons (Fsp3) is 0.133. The van der Waals surface area contributed by atoms with E-state index in [9.17, 15) is 18.0 Å². The quantitative estimate of drug-likeness (QED) is 0.745. The second-order valence-corrected chi connectivity index (χ2v) is 4.84. The van der Waals surface area contributed by atoms with Gasteiger partial charge in [-0.3, -0.25) is 4.79 Å². The van der Waals surface area contributed by atoms with E-state index >= 15 is 0 Å². The summed E-state index contributed by atoms with van der Waals surface area (Å²) in [4.78, 5) is 13.1. The number of halogens is 3. The minimum absolute atomic E-state index is 0.0877. The number of rotatable bonds is 3. The second kappa shape index (κ2) is 5.71. The van der Waals surface area contributed by atoms with Crippen LogP contribution in [-0.4, -0.2) is 19.6 Å². The molecule has 0 aliphatic carbocycles. The molecular formula is C15H11F3N4O. The first-order valence-electron chi connectivity index (χ1n) is 6.68. The summed E-state index contributed by atoms with van der Waals surface area (Å²) in [7, 11) is 0. The smallest absolute Gasteiger partial charge is 0.309 e. The Hall–Kier alpha value is -2.90. The monoisotopic (exact) mass is 320 g/mol. The summed E-state index contributed by atoms with van der Waals surface area (Å²) in [5.74, 6) is 0. The van der Waals surface area contributed by atoms with E-state index in [1.807, 2.05) is 18.2 Å². The summed E-state index contributed by atoms with van der Waals surface area (Å²) in [5, 5.41) is 8.22. The van der Waals surface area contributed by atoms with Crippen LogP contribution in [0.5, 0.6) is 0 Å². The maximum atomic E-state index is 12.7. The summed E-state index contributed by atoms with van der Waals surface area (Å²) >= 11 is 0. The molecule has 118 valence electrons. The van der Waals surface area contributed by atoms with E-state index in [1.54, 1.807) is 12.1 Å². The standard InChI is InChI=1S/C15H11F3N4O/c16-15(17,18)11-6-7-14(23)21(9-11)10-12-8-19-22(20-12)13-4-2-1-3-5-13/h1-9H,10H2. The van der Waals surface area contributed by atoms with Crippen LogP contribution in [0.25, 0.3) is 5.69 Å². The number of pyridine rings is 1. The van der Waals surface area contributed by atoms with Crippen molar-refractivity contribution in [2.24, 2.45) is 0 Å². The van der Waals surface area contributed by atoms with Gasteiger partial charge in [0.25, 0.3) is 5.56 Å². The average Bonchev–Trinajstić information content (AvgIpc) is 2.98. The summed E-state index contributed by atoms with van der Waals surface area (Å²) < 4.78 is 39.1. The van der Waals surface area contributed by atoms with Crippen molar-refractivity contribution in [3.63, 3.8) is 0 Å². The van der Waals surface area contributed by atoms with E-state index in [0.717, 1.165) is 28.6 Å². The van der Waals surface area contributed by atoms with E-state index in [1.165, 1.54) is 11.0 Å². The zero-order chi connectivity index (χ0) is 16.4. The zero-order valence-corrected chi connectivity index (χ0v) is 11.7. The van der Waals surface area contributed by atoms with Gasteiger partial charge in [-0.05, 0) is 18.2 Å². The molecule has 1 aromatic carbocycles. The molecule has 0 saturated heterocycles. The van der Waals surface area contributed by atoms with Gasteiger partial charge < -0.3 is 4.57 Å². The lowest BCUT2D eigenvalue weighted by Gasteiger charge is -2.09. The first-order valence-corrected chi connectivity index (χ1v) is 6.68. The highest BCUT2D eigenvalue weighted by atomic mass is 19.4. The Bertz CT molecular complexity index is 868. The number of alkyl halides is 3. The third kappa shape index (κ3) is 3.31. The number of hydrogen-bond donors (Lipinski definition) is 0. The molecule has 3 aromatic rings. The number of aromatic nitrogens is 4. The molecule has 2 heterocycles. The van der Waals surface area contributed by atoms with Crippen LogP contribution in [0.3, 0.4) is 0 Å². The predicted molar refractivity (Wildman–Crippen MR) is 76.2 cm³/mol. The van der Waals surface area contributed by atoms with Crippen molar-refractivity contribution < 1.29 is 13.2 Å². The average molecular weight is 320 g/mol. The van der Waals surface area contributed by atoms with Gasteiger partial charge in [-0.2, -0.15) is 28.2 Å². The first-order chi connectivity index (χ1) is 10.9. The topological polar surface area (TPSA) is 52.7 Å². The molecule has 0 unspecified atom stereocenters. The highest BCUT2D eigenvalue weighted by Crippen LogP contribution is 2.28. The minimum Gasteiger partial charge on any atom is -0.309 e. The molecule has 2 aromatic heterocycles. The SMILES string of the molecule is O=c1ccc(C(F)(F)F)cn1Cc1cnn(-c2ccccc2)n1. The molecule has 0 spiro atoms. The van der Waals surface area contributed by atoms with Crippen LogP contribution in [0.1, 0.15) is 11.3 Å². The predicted octanol–water partition coefficient (Wildman–Crippen LogP) is 2.50. The number of para-hydroxylation sites is 1. The summed E-state index contributed by atoms with van der Waals surface area (Å²) in [6.07, 6.45) is -2.30. The summed E-state index contributed by atoms with van der Waals surface area (Å²) in [5.41, 5.74) is -0.315. The molecule has 0 aliphatic heterocycles. The van der Waals surface area contributed by atoms with Crippen LogP contribution >= 0.6 is 0 Å². The largest absolute Gasteiger partial charge is 0.417 e. The van der Waals surface area contributed by atoms with Crippen LogP contribution in [0.15, 0.2) is 59.7 Å². The highest BCUT2D eigenvalue weighted by molar-refractivity contribution is 5.28. The molecule has 0 aliphatic rings. The van der Waals surface area contributed by atoms with Crippen molar-refractivity contribution >= 4 is 0 Å². The lowest BCUT2D eigenvalue weighted by Crippen LogP contribution is -2.22. The Kier molecular flexibility index (Phi) is 3.73. The second-order valence-electron chi connectivity index (χ2n) is 4.84. The lowest BCUT2D eigenvalue weighted by molar-refractivity contribution is -0.138. The molecule has 0 radical (unpaired) electrons. The lowest BCUT2D eigenvalue weighted by atomic mass is 10.2. The molecule has 0 atom stereocenters. The minimum atomic E-state index is -4.50. The van der Waals surface area contributed by atoms with Gasteiger partial charge in [0.05, 0.1) is 24.0 Å². The van der Waals surface area contributed by atoms with Crippen molar-refractivity contribution in [1.29, 1.82) is 0 Å². The first kappa shape index (κ1) is 15.0. The fourth-order valence-electron chi connectivity index (χ4n) is 2.05. The fourth-order valence-corrected chi connectivity index (χ4v) is 2.05. The number of benzene rings is 1. The van der Waals surface area contributed by atoms with Crippen molar-refractivity contribution in [2.75, 3.05) is 0 Å². The van der Waals surface area contributed by atoms with Crippen molar-refractivity contribution in [1.82, 2.24) is 19.6 Å². The molecule has 0 amide bonds. The molecule has 3 rings (SSSR count). The Morgan fingerprint density at radius 2 is 1.78 bits per heavy atom. The molecular weight excluding hydrogens is 309 g/mol. The molecule has 5 nitrogen and oxygen atoms in total. The Morgan fingerprint density at radius 1 is 1.04 bits per heavy atom. The van der Waals surface area contributed by atoms with Crippen LogP contribution < -0.4 is 5.56 Å². The number of nitrogens with zero attached hydrogens (tertiary/aromatic N) is 4. The van der Waals surface area contributed by atoms with E-state index < -0.39 is 17.3 Å². The van der Waals surface area contributed by atoms with Gasteiger partial charge in [0.1, 0.15) is 5.69 Å². The van der Waals surface area contributed by atoms with Crippen molar-refractivity contribution in [3.8, 4) is 5.69 Å². The molecule has 0 saturated carbocycles. The van der Waals surface area contributed by atoms with Gasteiger partial charge in [0.2, 0.25) is 0 Å². The van der Waals surface area contributed by atoms with Gasteiger partial charge in [0.15, 0.2) is 0 Å². The number of hydrogen-bond acceptors (Lipinski definition) is 3. The van der Waals surface area contributed by atoms with Gasteiger partial charge in [-0.25, -0.2) is 0 Å². The maximum Gasteiger partial charge on any atom is 0.417 e. The Balaban J connectivity index is 1.89. The van der Waals surface area contributed by atoms with E-state index in [0.29, 0.717) is 5.69 Å². The highest BCUT2D eigenvalue weighted by Gasteiger charge is 2.31. The van der Waals surface area contributed by atoms with E-state index in [4.69, 9.17) is 0 Å². The van der Waals surface area contributed by atoms with Gasteiger partial charge in [-0.15, -0.1) is 0 Å². The van der Waals surface area contributed by atoms with Crippen molar-refractivity contribution in [2.45, 2.75) is 12.7 Å². The maximum absolute atomic E-state index is 12.7. The third-order valence-corrected chi connectivity index (χ3v) is 3.17. The normalized spacial score (nSPS) is 11.6. The van der Waals surface area contributed by atoms with Gasteiger partial charge in [0, 0.05) is 12.3 Å². The van der Waals surface area contributed by atoms with Gasteiger partial charge >= 0.3 is 6.18 Å². The van der Waals surface area contributed by atoms with Crippen LogP contribution in [0.2, 0.25) is 0 Å². The molecule has 0 bridgehead atoms. The van der Waals surface area contributed by atoms with E-state index in [2.05, 4.69) is 10.2 Å². The molecule has 0 N–H and O–H groups in total. The third-order valence-electron chi connectivity index (χ3n) is 3.17. The summed E-state index contributed by atoms with van der Waals surface area (Å²) in [6, 6.07) is 10.7. The van der Waals surface area contributed by atoms with Crippen molar-refractivity contribution in [3.05, 3.63) is 76.5 Å². The van der Waals surface area contributed by atoms with Gasteiger partial charge in [-0.1, -0.05) is 18.2 Å². The van der Waals surface area contributed by atoms with E-state index in [-0.39, 0.29) is 6.54 Å². The zero-order valence-electron chi connectivity index (χ0n) is 11.7. The molecule has 0 fully saturated rings. The summed E-state index contributed by atoms with van der Waals surface area (Å²) in [6.45, 7) is -0.0877.